The molecule has 13 heavy (non-hydrogen) atoms. The zero-order chi connectivity index (χ0) is 9.42. The highest BCUT2D eigenvalue weighted by Crippen LogP contribution is 2.42. The third kappa shape index (κ3) is 2.06. The first-order valence-electron chi connectivity index (χ1n) is 4.98. The first kappa shape index (κ1) is 9.50. The van der Waals surface area contributed by atoms with E-state index < -0.39 is 0 Å². The Labute approximate surface area is 93.9 Å². The molecule has 0 nitrogen and oxygen atoms in total. The summed E-state index contributed by atoms with van der Waals surface area (Å²) in [5.74, 6) is 1.54. The van der Waals surface area contributed by atoms with Crippen LogP contribution in [-0.4, -0.2) is 0 Å². The van der Waals surface area contributed by atoms with Gasteiger partial charge in [-0.1, -0.05) is 26.0 Å². The third-order valence-corrected chi connectivity index (χ3v) is 3.69. The van der Waals surface area contributed by atoms with Crippen molar-refractivity contribution in [1.29, 1.82) is 0 Å². The number of hydrogen-bond donors (Lipinski definition) is 0. The molecule has 70 valence electrons. The Morgan fingerprint density at radius 3 is 2.54 bits per heavy atom. The molecule has 0 atom stereocenters. The van der Waals surface area contributed by atoms with Crippen molar-refractivity contribution in [3.8, 4) is 0 Å². The van der Waals surface area contributed by atoms with Crippen molar-refractivity contribution in [2.45, 2.75) is 38.5 Å². The van der Waals surface area contributed by atoms with Crippen LogP contribution in [0.3, 0.4) is 0 Å². The summed E-state index contributed by atoms with van der Waals surface area (Å²) in [5, 5.41) is 0. The lowest BCUT2D eigenvalue weighted by atomic mass is 9.99. The molecule has 0 spiro atoms. The summed E-state index contributed by atoms with van der Waals surface area (Å²) in [6, 6.07) is 6.94. The van der Waals surface area contributed by atoms with E-state index >= 15 is 0 Å². The molecular formula is C12H15I. The molecule has 1 saturated carbocycles. The fraction of sp³-hybridized carbons (Fsp3) is 0.500. The molecule has 1 aromatic rings. The predicted molar refractivity (Wildman–Crippen MR) is 65.2 cm³/mol. The molecular weight excluding hydrogens is 271 g/mol. The van der Waals surface area contributed by atoms with Gasteiger partial charge in [0.25, 0.3) is 0 Å². The Balaban J connectivity index is 2.36. The molecule has 1 fully saturated rings. The minimum atomic E-state index is 0.662. The molecule has 2 rings (SSSR count). The van der Waals surface area contributed by atoms with Gasteiger partial charge in [-0.05, 0) is 64.5 Å². The molecule has 1 heteroatoms. The summed E-state index contributed by atoms with van der Waals surface area (Å²) in [5.41, 5.74) is 3.08. The lowest BCUT2D eigenvalue weighted by Gasteiger charge is -2.09. The molecule has 0 amide bonds. The molecule has 1 aromatic carbocycles. The standard InChI is InChI=1S/C12H15I/c1-8(2)10-5-6-12(13)11(7-10)9-3-4-9/h5-9H,3-4H2,1-2H3. The van der Waals surface area contributed by atoms with Crippen LogP contribution >= 0.6 is 22.6 Å². The average molecular weight is 286 g/mol. The van der Waals surface area contributed by atoms with E-state index in [0.717, 1.165) is 5.92 Å². The van der Waals surface area contributed by atoms with Crippen molar-refractivity contribution in [2.75, 3.05) is 0 Å². The van der Waals surface area contributed by atoms with E-state index in [1.807, 2.05) is 0 Å². The zero-order valence-electron chi connectivity index (χ0n) is 8.18. The van der Waals surface area contributed by atoms with Gasteiger partial charge in [-0.3, -0.25) is 0 Å². The second kappa shape index (κ2) is 3.60. The summed E-state index contributed by atoms with van der Waals surface area (Å²) in [6.07, 6.45) is 2.80. The Kier molecular flexibility index (Phi) is 2.63. The van der Waals surface area contributed by atoms with E-state index in [1.54, 1.807) is 5.56 Å². The van der Waals surface area contributed by atoms with Gasteiger partial charge in [0.1, 0.15) is 0 Å². The summed E-state index contributed by atoms with van der Waals surface area (Å²) in [4.78, 5) is 0. The van der Waals surface area contributed by atoms with Crippen LogP contribution in [0.15, 0.2) is 18.2 Å². The van der Waals surface area contributed by atoms with Crippen LogP contribution in [0.2, 0.25) is 0 Å². The van der Waals surface area contributed by atoms with Gasteiger partial charge >= 0.3 is 0 Å². The Bertz CT molecular complexity index is 311. The second-order valence-electron chi connectivity index (χ2n) is 4.21. The smallest absolute Gasteiger partial charge is 0.0165 e. The average Bonchev–Trinajstić information content (AvgIpc) is 2.87. The quantitative estimate of drug-likeness (QED) is 0.711. The number of rotatable bonds is 2. The Morgan fingerprint density at radius 1 is 1.31 bits per heavy atom. The van der Waals surface area contributed by atoms with Crippen LogP contribution in [0.5, 0.6) is 0 Å². The van der Waals surface area contributed by atoms with Crippen LogP contribution in [0.1, 0.15) is 49.7 Å². The highest BCUT2D eigenvalue weighted by atomic mass is 127. The fourth-order valence-corrected chi connectivity index (χ4v) is 2.40. The largest absolute Gasteiger partial charge is 0.0587 e. The van der Waals surface area contributed by atoms with Crippen LogP contribution in [0.25, 0.3) is 0 Å². The van der Waals surface area contributed by atoms with E-state index in [9.17, 15) is 0 Å². The molecule has 0 aromatic heterocycles. The van der Waals surface area contributed by atoms with Gasteiger partial charge in [0.15, 0.2) is 0 Å². The topological polar surface area (TPSA) is 0 Å². The highest BCUT2D eigenvalue weighted by molar-refractivity contribution is 14.1. The summed E-state index contributed by atoms with van der Waals surface area (Å²) in [6.45, 7) is 4.53. The van der Waals surface area contributed by atoms with Crippen LogP contribution in [0, 0.1) is 3.57 Å². The van der Waals surface area contributed by atoms with E-state index in [-0.39, 0.29) is 0 Å². The van der Waals surface area contributed by atoms with Crippen molar-refractivity contribution in [3.63, 3.8) is 0 Å². The van der Waals surface area contributed by atoms with Crippen molar-refractivity contribution < 1.29 is 0 Å². The molecule has 1 aliphatic carbocycles. The van der Waals surface area contributed by atoms with Gasteiger partial charge in [0, 0.05) is 3.57 Å². The number of hydrogen-bond acceptors (Lipinski definition) is 0. The Hall–Kier alpha value is -0.0500. The molecule has 0 bridgehead atoms. The van der Waals surface area contributed by atoms with E-state index in [4.69, 9.17) is 0 Å². The van der Waals surface area contributed by atoms with Crippen molar-refractivity contribution in [2.24, 2.45) is 0 Å². The number of halogens is 1. The Morgan fingerprint density at radius 2 is 2.00 bits per heavy atom. The summed E-state index contributed by atoms with van der Waals surface area (Å²) < 4.78 is 1.45. The summed E-state index contributed by atoms with van der Waals surface area (Å²) >= 11 is 2.46. The zero-order valence-corrected chi connectivity index (χ0v) is 10.3. The molecule has 0 unspecified atom stereocenters. The van der Waals surface area contributed by atoms with Gasteiger partial charge in [-0.2, -0.15) is 0 Å². The molecule has 1 aliphatic rings. The lowest BCUT2D eigenvalue weighted by molar-refractivity contribution is 0.861. The van der Waals surface area contributed by atoms with Crippen molar-refractivity contribution in [3.05, 3.63) is 32.9 Å². The van der Waals surface area contributed by atoms with Gasteiger partial charge in [-0.15, -0.1) is 0 Å². The van der Waals surface area contributed by atoms with Gasteiger partial charge in [-0.25, -0.2) is 0 Å². The van der Waals surface area contributed by atoms with Gasteiger partial charge in [0.05, 0.1) is 0 Å². The van der Waals surface area contributed by atoms with Crippen LogP contribution in [-0.2, 0) is 0 Å². The molecule has 0 aliphatic heterocycles. The van der Waals surface area contributed by atoms with Crippen LogP contribution < -0.4 is 0 Å². The van der Waals surface area contributed by atoms with Gasteiger partial charge < -0.3 is 0 Å². The van der Waals surface area contributed by atoms with E-state index in [2.05, 4.69) is 54.6 Å². The first-order chi connectivity index (χ1) is 6.18. The lowest BCUT2D eigenvalue weighted by Crippen LogP contribution is -1.92. The maximum atomic E-state index is 2.46. The minimum Gasteiger partial charge on any atom is -0.0587 e. The maximum absolute atomic E-state index is 2.46. The van der Waals surface area contributed by atoms with Crippen molar-refractivity contribution in [1.82, 2.24) is 0 Å². The normalized spacial score (nSPS) is 16.6. The molecule has 0 heterocycles. The monoisotopic (exact) mass is 286 g/mol. The number of benzene rings is 1. The van der Waals surface area contributed by atoms with E-state index in [0.29, 0.717) is 5.92 Å². The summed E-state index contributed by atoms with van der Waals surface area (Å²) in [7, 11) is 0. The molecule has 0 N–H and O–H groups in total. The first-order valence-corrected chi connectivity index (χ1v) is 6.05. The molecule has 0 radical (unpaired) electrons. The maximum Gasteiger partial charge on any atom is 0.0165 e. The highest BCUT2D eigenvalue weighted by Gasteiger charge is 2.25. The predicted octanol–water partition coefficient (Wildman–Crippen LogP) is 4.29. The van der Waals surface area contributed by atoms with Crippen molar-refractivity contribution >= 4 is 22.6 Å². The SMILES string of the molecule is CC(C)c1ccc(I)c(C2CC2)c1. The fourth-order valence-electron chi connectivity index (χ4n) is 1.63. The minimum absolute atomic E-state index is 0.662. The second-order valence-corrected chi connectivity index (χ2v) is 5.37. The van der Waals surface area contributed by atoms with Crippen LogP contribution in [0.4, 0.5) is 0 Å². The van der Waals surface area contributed by atoms with Gasteiger partial charge in [0.2, 0.25) is 0 Å². The van der Waals surface area contributed by atoms with E-state index in [1.165, 1.54) is 22.0 Å². The third-order valence-electron chi connectivity index (χ3n) is 2.70. The molecule has 0 saturated heterocycles.